The van der Waals surface area contributed by atoms with Crippen LogP contribution in [-0.2, 0) is 6.42 Å². The number of carbonyl (C=O) groups is 1. The highest BCUT2D eigenvalue weighted by Crippen LogP contribution is 2.25. The number of amides is 1. The van der Waals surface area contributed by atoms with Crippen molar-refractivity contribution in [2.24, 2.45) is 0 Å². The Balaban J connectivity index is 0.00000176. The molecule has 2 N–H and O–H groups in total. The Hall–Kier alpha value is -2.00. The molecule has 0 aromatic heterocycles. The van der Waals surface area contributed by atoms with Crippen LogP contribution in [0.2, 0.25) is 0 Å². The summed E-state index contributed by atoms with van der Waals surface area (Å²) in [5.41, 5.74) is 6.17. The SMILES string of the molecule is Cc1ccc(C)c(C(=O)Nc2ccc3c(c2)CCCN3)c1.Cl. The molecular weight excluding hydrogens is 296 g/mol. The van der Waals surface area contributed by atoms with Crippen molar-refractivity contribution in [1.82, 2.24) is 0 Å². The standard InChI is InChI=1S/C18H20N2O.ClH/c1-12-5-6-13(2)16(10-12)18(21)20-15-7-8-17-14(11-15)4-3-9-19-17;/h5-8,10-11,19H,3-4,9H2,1-2H3,(H,20,21);1H. The molecule has 0 fully saturated rings. The van der Waals surface area contributed by atoms with Gasteiger partial charge in [0.1, 0.15) is 0 Å². The van der Waals surface area contributed by atoms with E-state index in [4.69, 9.17) is 0 Å². The monoisotopic (exact) mass is 316 g/mol. The van der Waals surface area contributed by atoms with E-state index in [1.807, 2.05) is 44.2 Å². The second-order valence-corrected chi connectivity index (χ2v) is 5.67. The van der Waals surface area contributed by atoms with Crippen LogP contribution >= 0.6 is 12.4 Å². The van der Waals surface area contributed by atoms with Crippen molar-refractivity contribution in [2.75, 3.05) is 17.2 Å². The minimum atomic E-state index is -0.0417. The minimum Gasteiger partial charge on any atom is -0.385 e. The molecule has 3 nitrogen and oxygen atoms in total. The van der Waals surface area contributed by atoms with Crippen molar-refractivity contribution >= 4 is 29.7 Å². The quantitative estimate of drug-likeness (QED) is 0.865. The minimum absolute atomic E-state index is 0. The number of rotatable bonds is 2. The highest BCUT2D eigenvalue weighted by Gasteiger charge is 2.12. The van der Waals surface area contributed by atoms with Gasteiger partial charge in [0.05, 0.1) is 0 Å². The first-order chi connectivity index (χ1) is 10.1. The van der Waals surface area contributed by atoms with Crippen molar-refractivity contribution in [3.8, 4) is 0 Å². The first-order valence-corrected chi connectivity index (χ1v) is 7.39. The van der Waals surface area contributed by atoms with Gasteiger partial charge in [0.2, 0.25) is 0 Å². The average Bonchev–Trinajstić information content (AvgIpc) is 2.49. The molecule has 0 spiro atoms. The predicted molar refractivity (Wildman–Crippen MR) is 94.4 cm³/mol. The molecule has 2 aromatic rings. The molecular formula is C18H21ClN2O. The van der Waals surface area contributed by atoms with Gasteiger partial charge in [-0.25, -0.2) is 0 Å². The second-order valence-electron chi connectivity index (χ2n) is 5.67. The summed E-state index contributed by atoms with van der Waals surface area (Å²) >= 11 is 0. The number of hydrogen-bond donors (Lipinski definition) is 2. The molecule has 0 radical (unpaired) electrons. The maximum absolute atomic E-state index is 12.4. The lowest BCUT2D eigenvalue weighted by atomic mass is 10.0. The van der Waals surface area contributed by atoms with Crippen molar-refractivity contribution in [1.29, 1.82) is 0 Å². The summed E-state index contributed by atoms with van der Waals surface area (Å²) in [5.74, 6) is -0.0417. The predicted octanol–water partition coefficient (Wildman–Crippen LogP) is 4.34. The van der Waals surface area contributed by atoms with Crippen LogP contribution in [0.25, 0.3) is 0 Å². The molecule has 1 aliphatic heterocycles. The van der Waals surface area contributed by atoms with E-state index in [1.54, 1.807) is 0 Å². The highest BCUT2D eigenvalue weighted by atomic mass is 35.5. The molecule has 0 saturated heterocycles. The zero-order valence-corrected chi connectivity index (χ0v) is 13.7. The molecule has 116 valence electrons. The lowest BCUT2D eigenvalue weighted by Gasteiger charge is -2.19. The zero-order chi connectivity index (χ0) is 14.8. The van der Waals surface area contributed by atoms with Crippen LogP contribution in [0.15, 0.2) is 36.4 Å². The topological polar surface area (TPSA) is 41.1 Å². The first-order valence-electron chi connectivity index (χ1n) is 7.39. The molecule has 0 atom stereocenters. The molecule has 1 aliphatic rings. The van der Waals surface area contributed by atoms with Gasteiger partial charge < -0.3 is 10.6 Å². The van der Waals surface area contributed by atoms with E-state index in [9.17, 15) is 4.79 Å². The van der Waals surface area contributed by atoms with Crippen LogP contribution in [0.3, 0.4) is 0 Å². The van der Waals surface area contributed by atoms with E-state index < -0.39 is 0 Å². The lowest BCUT2D eigenvalue weighted by molar-refractivity contribution is 0.102. The number of hydrogen-bond acceptors (Lipinski definition) is 2. The Kier molecular flexibility index (Phi) is 5.09. The van der Waals surface area contributed by atoms with Crippen molar-refractivity contribution in [3.63, 3.8) is 0 Å². The summed E-state index contributed by atoms with van der Waals surface area (Å²) in [4.78, 5) is 12.4. The molecule has 1 heterocycles. The van der Waals surface area contributed by atoms with Gasteiger partial charge in [-0.2, -0.15) is 0 Å². The van der Waals surface area contributed by atoms with Gasteiger partial charge >= 0.3 is 0 Å². The summed E-state index contributed by atoms with van der Waals surface area (Å²) in [5, 5.41) is 6.39. The first kappa shape index (κ1) is 16.4. The van der Waals surface area contributed by atoms with Crippen LogP contribution in [-0.4, -0.2) is 12.5 Å². The second kappa shape index (κ2) is 6.84. The molecule has 0 unspecified atom stereocenters. The Morgan fingerprint density at radius 1 is 1.14 bits per heavy atom. The van der Waals surface area contributed by atoms with Crippen LogP contribution in [0.1, 0.15) is 33.5 Å². The fraction of sp³-hybridized carbons (Fsp3) is 0.278. The normalized spacial score (nSPS) is 12.6. The Morgan fingerprint density at radius 2 is 1.95 bits per heavy atom. The number of nitrogens with one attached hydrogen (secondary N) is 2. The Bertz CT molecular complexity index is 697. The van der Waals surface area contributed by atoms with Gasteiger partial charge in [0, 0.05) is 23.5 Å². The number of carbonyl (C=O) groups excluding carboxylic acids is 1. The number of aryl methyl sites for hydroxylation is 3. The summed E-state index contributed by atoms with van der Waals surface area (Å²) in [6.45, 7) is 4.99. The molecule has 3 rings (SSSR count). The fourth-order valence-electron chi connectivity index (χ4n) is 2.73. The van der Waals surface area contributed by atoms with Gasteiger partial charge in [-0.15, -0.1) is 12.4 Å². The van der Waals surface area contributed by atoms with Crippen LogP contribution in [0.5, 0.6) is 0 Å². The van der Waals surface area contributed by atoms with Crippen molar-refractivity contribution < 1.29 is 4.79 Å². The lowest BCUT2D eigenvalue weighted by Crippen LogP contribution is -2.15. The maximum Gasteiger partial charge on any atom is 0.255 e. The van der Waals surface area contributed by atoms with E-state index in [0.29, 0.717) is 0 Å². The van der Waals surface area contributed by atoms with Gasteiger partial charge in [-0.05, 0) is 62.1 Å². The van der Waals surface area contributed by atoms with Crippen LogP contribution < -0.4 is 10.6 Å². The van der Waals surface area contributed by atoms with Crippen LogP contribution in [0.4, 0.5) is 11.4 Å². The van der Waals surface area contributed by atoms with E-state index >= 15 is 0 Å². The Morgan fingerprint density at radius 3 is 2.77 bits per heavy atom. The number of anilines is 2. The molecule has 2 aromatic carbocycles. The number of fused-ring (bicyclic) bond motifs is 1. The van der Waals surface area contributed by atoms with E-state index in [1.165, 1.54) is 11.3 Å². The summed E-state index contributed by atoms with van der Waals surface area (Å²) in [6.07, 6.45) is 2.21. The fourth-order valence-corrected chi connectivity index (χ4v) is 2.73. The van der Waals surface area contributed by atoms with Crippen molar-refractivity contribution in [2.45, 2.75) is 26.7 Å². The summed E-state index contributed by atoms with van der Waals surface area (Å²) in [6, 6.07) is 12.0. The molecule has 0 bridgehead atoms. The third-order valence-corrected chi connectivity index (χ3v) is 3.94. The molecule has 0 aliphatic carbocycles. The molecule has 1 amide bonds. The third-order valence-electron chi connectivity index (χ3n) is 3.94. The molecule has 0 saturated carbocycles. The van der Waals surface area contributed by atoms with Gasteiger partial charge in [0.15, 0.2) is 0 Å². The highest BCUT2D eigenvalue weighted by molar-refractivity contribution is 6.05. The zero-order valence-electron chi connectivity index (χ0n) is 12.9. The van der Waals surface area contributed by atoms with E-state index in [0.717, 1.165) is 41.8 Å². The smallest absolute Gasteiger partial charge is 0.255 e. The molecule has 4 heteroatoms. The van der Waals surface area contributed by atoms with Gasteiger partial charge in [-0.3, -0.25) is 4.79 Å². The van der Waals surface area contributed by atoms with Gasteiger partial charge in [0.25, 0.3) is 5.91 Å². The Labute approximate surface area is 137 Å². The largest absolute Gasteiger partial charge is 0.385 e. The van der Waals surface area contributed by atoms with E-state index in [-0.39, 0.29) is 18.3 Å². The molecule has 22 heavy (non-hydrogen) atoms. The van der Waals surface area contributed by atoms with Gasteiger partial charge in [-0.1, -0.05) is 17.7 Å². The van der Waals surface area contributed by atoms with Crippen molar-refractivity contribution in [3.05, 3.63) is 58.7 Å². The van der Waals surface area contributed by atoms with E-state index in [2.05, 4.69) is 16.7 Å². The maximum atomic E-state index is 12.4. The third kappa shape index (κ3) is 3.42. The number of benzene rings is 2. The summed E-state index contributed by atoms with van der Waals surface area (Å²) in [7, 11) is 0. The number of halogens is 1. The summed E-state index contributed by atoms with van der Waals surface area (Å²) < 4.78 is 0. The van der Waals surface area contributed by atoms with Crippen LogP contribution in [0, 0.1) is 13.8 Å². The average molecular weight is 317 g/mol.